The van der Waals surface area contributed by atoms with Gasteiger partial charge in [-0.25, -0.2) is 0 Å². The first-order chi connectivity index (χ1) is 6.75. The summed E-state index contributed by atoms with van der Waals surface area (Å²) < 4.78 is 37.7. The molecule has 2 bridgehead atoms. The molecular formula is C9H12F3NO2. The topological polar surface area (TPSA) is 40.5 Å². The second-order valence-electron chi connectivity index (χ2n) is 4.38. The number of hydrogen-bond donors (Lipinski definition) is 1. The summed E-state index contributed by atoms with van der Waals surface area (Å²) in [6.45, 7) is 1.36. The molecule has 0 radical (unpaired) electrons. The van der Waals surface area contributed by atoms with Crippen molar-refractivity contribution in [2.45, 2.75) is 37.6 Å². The number of amides is 1. The molecule has 0 aromatic rings. The number of piperidine rings is 1. The summed E-state index contributed by atoms with van der Waals surface area (Å²) in [7, 11) is 0. The molecule has 15 heavy (non-hydrogen) atoms. The lowest BCUT2D eigenvalue weighted by atomic mass is 9.88. The third-order valence-corrected chi connectivity index (χ3v) is 3.53. The maximum Gasteiger partial charge on any atom is 0.417 e. The van der Waals surface area contributed by atoms with Gasteiger partial charge in [0.05, 0.1) is 0 Å². The highest BCUT2D eigenvalue weighted by atomic mass is 19.4. The van der Waals surface area contributed by atoms with Crippen molar-refractivity contribution in [1.82, 2.24) is 4.90 Å². The van der Waals surface area contributed by atoms with Crippen molar-refractivity contribution in [2.24, 2.45) is 5.92 Å². The van der Waals surface area contributed by atoms with Crippen molar-refractivity contribution >= 4 is 5.91 Å². The van der Waals surface area contributed by atoms with E-state index >= 15 is 0 Å². The summed E-state index contributed by atoms with van der Waals surface area (Å²) in [5, 5.41) is 9.55. The third kappa shape index (κ3) is 1.34. The van der Waals surface area contributed by atoms with E-state index in [1.165, 1.54) is 11.8 Å². The molecule has 2 aliphatic rings. The van der Waals surface area contributed by atoms with E-state index in [0.29, 0.717) is 0 Å². The first kappa shape index (κ1) is 10.7. The number of rotatable bonds is 0. The summed E-state index contributed by atoms with van der Waals surface area (Å²) in [5.41, 5.74) is -2.58. The smallest absolute Gasteiger partial charge is 0.380 e. The van der Waals surface area contributed by atoms with E-state index in [1.54, 1.807) is 0 Å². The Balaban J connectivity index is 2.19. The Bertz CT molecular complexity index is 304. The minimum atomic E-state index is -4.59. The number of aliphatic hydroxyl groups is 1. The van der Waals surface area contributed by atoms with Gasteiger partial charge < -0.3 is 10.0 Å². The second kappa shape index (κ2) is 2.87. The highest BCUT2D eigenvalue weighted by Gasteiger charge is 2.66. The van der Waals surface area contributed by atoms with Gasteiger partial charge in [0, 0.05) is 31.8 Å². The van der Waals surface area contributed by atoms with Gasteiger partial charge in [0.1, 0.15) is 0 Å². The first-order valence-electron chi connectivity index (χ1n) is 4.82. The quantitative estimate of drug-likeness (QED) is 0.663. The van der Waals surface area contributed by atoms with Crippen molar-refractivity contribution in [3.63, 3.8) is 0 Å². The van der Waals surface area contributed by atoms with Crippen LogP contribution in [0.15, 0.2) is 0 Å². The molecule has 2 rings (SSSR count). The number of carbonyl (C=O) groups excluding carboxylic acids is 1. The number of carbonyl (C=O) groups is 1. The van der Waals surface area contributed by atoms with Crippen molar-refractivity contribution in [3.05, 3.63) is 0 Å². The molecule has 1 aliphatic heterocycles. The molecule has 0 aromatic heterocycles. The standard InChI is InChI=1S/C9H12F3NO2/c1-5(14)13-4-6-2-7(13)3-8(6,15)9(10,11)12/h6-7,15H,2-4H2,1H3. The highest BCUT2D eigenvalue weighted by Crippen LogP contribution is 2.52. The van der Waals surface area contributed by atoms with Crippen LogP contribution in [0.5, 0.6) is 0 Å². The fourth-order valence-corrected chi connectivity index (χ4v) is 2.71. The zero-order chi connectivity index (χ0) is 11.4. The van der Waals surface area contributed by atoms with Crippen molar-refractivity contribution in [2.75, 3.05) is 6.54 Å². The van der Waals surface area contributed by atoms with Crippen LogP contribution in [-0.2, 0) is 4.79 Å². The number of hydrogen-bond acceptors (Lipinski definition) is 2. The predicted octanol–water partition coefficient (Wildman–Crippen LogP) is 0.921. The normalized spacial score (nSPS) is 39.9. The number of fused-ring (bicyclic) bond motifs is 2. The molecule has 1 N–H and O–H groups in total. The van der Waals surface area contributed by atoms with Gasteiger partial charge in [0.2, 0.25) is 5.91 Å². The zero-order valence-corrected chi connectivity index (χ0v) is 8.21. The van der Waals surface area contributed by atoms with Gasteiger partial charge in [-0.05, 0) is 6.42 Å². The van der Waals surface area contributed by atoms with Crippen LogP contribution in [0.1, 0.15) is 19.8 Å². The van der Waals surface area contributed by atoms with Gasteiger partial charge in [-0.2, -0.15) is 13.2 Å². The molecular weight excluding hydrogens is 211 g/mol. The Labute approximate surface area is 84.9 Å². The average Bonchev–Trinajstić information content (AvgIpc) is 2.58. The van der Waals surface area contributed by atoms with Crippen molar-refractivity contribution in [3.8, 4) is 0 Å². The molecule has 3 nitrogen and oxygen atoms in total. The third-order valence-electron chi connectivity index (χ3n) is 3.53. The van der Waals surface area contributed by atoms with Crippen LogP contribution in [0.4, 0.5) is 13.2 Å². The van der Waals surface area contributed by atoms with Gasteiger partial charge in [0.25, 0.3) is 0 Å². The van der Waals surface area contributed by atoms with E-state index in [0.717, 1.165) is 0 Å². The van der Waals surface area contributed by atoms with Crippen LogP contribution in [-0.4, -0.2) is 40.3 Å². The molecule has 6 heteroatoms. The molecule has 86 valence electrons. The average molecular weight is 223 g/mol. The molecule has 0 aromatic carbocycles. The minimum absolute atomic E-state index is 0.0238. The van der Waals surface area contributed by atoms with Crippen LogP contribution in [0.2, 0.25) is 0 Å². The lowest BCUT2D eigenvalue weighted by Gasteiger charge is -2.38. The van der Waals surface area contributed by atoms with Gasteiger partial charge >= 0.3 is 6.18 Å². The summed E-state index contributed by atoms with van der Waals surface area (Å²) in [4.78, 5) is 12.5. The van der Waals surface area contributed by atoms with Crippen LogP contribution >= 0.6 is 0 Å². The molecule has 3 unspecified atom stereocenters. The van der Waals surface area contributed by atoms with Gasteiger partial charge in [-0.1, -0.05) is 0 Å². The number of nitrogens with zero attached hydrogens (tertiary/aromatic N) is 1. The second-order valence-corrected chi connectivity index (χ2v) is 4.38. The zero-order valence-electron chi connectivity index (χ0n) is 8.21. The van der Waals surface area contributed by atoms with E-state index in [4.69, 9.17) is 0 Å². The molecule has 1 amide bonds. The highest BCUT2D eigenvalue weighted by molar-refractivity contribution is 5.74. The van der Waals surface area contributed by atoms with Gasteiger partial charge in [-0.3, -0.25) is 4.79 Å². The minimum Gasteiger partial charge on any atom is -0.380 e. The van der Waals surface area contributed by atoms with Gasteiger partial charge in [0.15, 0.2) is 5.60 Å². The van der Waals surface area contributed by atoms with Crippen LogP contribution in [0.3, 0.4) is 0 Å². The lowest BCUT2D eigenvalue weighted by Crippen LogP contribution is -2.55. The Morgan fingerprint density at radius 2 is 2.13 bits per heavy atom. The molecule has 1 heterocycles. The number of halogens is 3. The molecule has 3 atom stereocenters. The molecule has 0 spiro atoms. The lowest BCUT2D eigenvalue weighted by molar-refractivity contribution is -0.278. The molecule has 1 saturated carbocycles. The Hall–Kier alpha value is -0.780. The summed E-state index contributed by atoms with van der Waals surface area (Å²) in [6, 6.07) is -0.445. The van der Waals surface area contributed by atoms with Crippen molar-refractivity contribution < 1.29 is 23.1 Å². The van der Waals surface area contributed by atoms with E-state index in [1.807, 2.05) is 0 Å². The Morgan fingerprint density at radius 3 is 2.47 bits per heavy atom. The fraction of sp³-hybridized carbons (Fsp3) is 0.889. The predicted molar refractivity (Wildman–Crippen MR) is 44.9 cm³/mol. The Morgan fingerprint density at radius 1 is 1.53 bits per heavy atom. The van der Waals surface area contributed by atoms with E-state index in [9.17, 15) is 23.1 Å². The molecule has 1 aliphatic carbocycles. The molecule has 1 saturated heterocycles. The fourth-order valence-electron chi connectivity index (χ4n) is 2.71. The van der Waals surface area contributed by atoms with E-state index in [-0.39, 0.29) is 25.3 Å². The van der Waals surface area contributed by atoms with E-state index < -0.39 is 23.7 Å². The van der Waals surface area contributed by atoms with Crippen LogP contribution in [0.25, 0.3) is 0 Å². The maximum atomic E-state index is 12.6. The summed E-state index contributed by atoms with van der Waals surface area (Å²) in [6.07, 6.45) is -4.70. The van der Waals surface area contributed by atoms with Crippen LogP contribution in [0, 0.1) is 5.92 Å². The number of likely N-dealkylation sites (tertiary alicyclic amines) is 1. The van der Waals surface area contributed by atoms with Crippen LogP contribution < -0.4 is 0 Å². The largest absolute Gasteiger partial charge is 0.417 e. The van der Waals surface area contributed by atoms with Gasteiger partial charge in [-0.15, -0.1) is 0 Å². The SMILES string of the molecule is CC(=O)N1CC2CC1CC2(O)C(F)(F)F. The monoisotopic (exact) mass is 223 g/mol. The summed E-state index contributed by atoms with van der Waals surface area (Å²) >= 11 is 0. The first-order valence-corrected chi connectivity index (χ1v) is 4.82. The number of alkyl halides is 3. The van der Waals surface area contributed by atoms with Crippen molar-refractivity contribution in [1.29, 1.82) is 0 Å². The summed E-state index contributed by atoms with van der Waals surface area (Å²) in [5.74, 6) is -1.07. The molecule has 2 fully saturated rings. The van der Waals surface area contributed by atoms with E-state index in [2.05, 4.69) is 0 Å². The maximum absolute atomic E-state index is 12.6. The Kier molecular flexibility index (Phi) is 2.05.